The average Bonchev–Trinajstić information content (AvgIpc) is 2.33. The molecular weight excluding hydrogens is 124 g/mol. The molecule has 10 heavy (non-hydrogen) atoms. The summed E-state index contributed by atoms with van der Waals surface area (Å²) in [4.78, 5) is 4.02. The summed E-state index contributed by atoms with van der Waals surface area (Å²) >= 11 is 0. The number of fused-ring (bicyclic) bond motifs is 1. The normalized spacial score (nSPS) is 21.4. The van der Waals surface area contributed by atoms with Gasteiger partial charge in [-0.2, -0.15) is 0 Å². The molecule has 0 aromatic rings. The molecule has 2 aliphatic rings. The predicted molar refractivity (Wildman–Crippen MR) is 41.5 cm³/mol. The van der Waals surface area contributed by atoms with Crippen molar-refractivity contribution in [2.75, 3.05) is 0 Å². The summed E-state index contributed by atoms with van der Waals surface area (Å²) in [7, 11) is 0. The van der Waals surface area contributed by atoms with Crippen LogP contribution in [0.5, 0.6) is 0 Å². The fraction of sp³-hybridized carbons (Fsp3) is 0.125. The van der Waals surface area contributed by atoms with E-state index in [2.05, 4.69) is 4.99 Å². The van der Waals surface area contributed by atoms with Crippen LogP contribution in [0.15, 0.2) is 40.2 Å². The molecule has 2 rings (SSSR count). The van der Waals surface area contributed by atoms with Crippen molar-refractivity contribution < 1.29 is 0 Å². The van der Waals surface area contributed by atoms with Gasteiger partial charge in [0.25, 0.3) is 0 Å². The third-order valence-electron chi connectivity index (χ3n) is 1.69. The molecule has 0 atom stereocenters. The Labute approximate surface area is 59.4 Å². The Bertz CT molecular complexity index is 280. The van der Waals surface area contributed by atoms with E-state index in [0.717, 1.165) is 12.1 Å². The molecule has 0 saturated carbocycles. The number of hydrogen-bond donors (Lipinski definition) is 1. The molecule has 0 unspecified atom stereocenters. The SMILES string of the molecule is NC1=CC=C2C=NC=C2C1. The molecule has 0 aromatic carbocycles. The molecule has 0 radical (unpaired) electrons. The van der Waals surface area contributed by atoms with Crippen molar-refractivity contribution in [1.29, 1.82) is 0 Å². The lowest BCUT2D eigenvalue weighted by molar-refractivity contribution is 1.09. The lowest BCUT2D eigenvalue weighted by Crippen LogP contribution is -2.03. The number of nitrogens with two attached hydrogens (primary N) is 1. The van der Waals surface area contributed by atoms with Crippen molar-refractivity contribution in [3.63, 3.8) is 0 Å². The minimum Gasteiger partial charge on any atom is -0.402 e. The second-order valence-electron chi connectivity index (χ2n) is 2.47. The van der Waals surface area contributed by atoms with Gasteiger partial charge in [0.1, 0.15) is 0 Å². The van der Waals surface area contributed by atoms with Crippen LogP contribution in [-0.2, 0) is 0 Å². The van der Waals surface area contributed by atoms with Gasteiger partial charge in [-0.1, -0.05) is 6.08 Å². The van der Waals surface area contributed by atoms with E-state index in [9.17, 15) is 0 Å². The first-order chi connectivity index (χ1) is 4.86. The molecule has 2 nitrogen and oxygen atoms in total. The molecule has 0 spiro atoms. The maximum atomic E-state index is 5.61. The Hall–Kier alpha value is -1.31. The fourth-order valence-corrected chi connectivity index (χ4v) is 1.14. The van der Waals surface area contributed by atoms with Crippen LogP contribution in [0.3, 0.4) is 0 Å². The highest BCUT2D eigenvalue weighted by atomic mass is 14.7. The molecule has 0 saturated heterocycles. The molecule has 50 valence electrons. The Morgan fingerprint density at radius 3 is 3.20 bits per heavy atom. The average molecular weight is 132 g/mol. The maximum absolute atomic E-state index is 5.61. The minimum atomic E-state index is 0.853. The standard InChI is InChI=1S/C8H8N2/c9-8-2-1-6-4-10-5-7(6)3-8/h1-2,4-5H,3,9H2. The summed E-state index contributed by atoms with van der Waals surface area (Å²) in [5.41, 5.74) is 8.97. The summed E-state index contributed by atoms with van der Waals surface area (Å²) < 4.78 is 0. The largest absolute Gasteiger partial charge is 0.402 e. The first kappa shape index (κ1) is 5.47. The Morgan fingerprint density at radius 1 is 1.40 bits per heavy atom. The maximum Gasteiger partial charge on any atom is 0.0343 e. The van der Waals surface area contributed by atoms with E-state index in [-0.39, 0.29) is 0 Å². The molecule has 0 fully saturated rings. The van der Waals surface area contributed by atoms with Gasteiger partial charge in [0, 0.05) is 24.5 Å². The molecule has 0 amide bonds. The predicted octanol–water partition coefficient (Wildman–Crippen LogP) is 1.13. The van der Waals surface area contributed by atoms with E-state index in [1.807, 2.05) is 24.6 Å². The molecule has 1 aliphatic heterocycles. The zero-order valence-corrected chi connectivity index (χ0v) is 5.54. The van der Waals surface area contributed by atoms with Crippen LogP contribution < -0.4 is 5.73 Å². The van der Waals surface area contributed by atoms with Gasteiger partial charge in [0.15, 0.2) is 0 Å². The Morgan fingerprint density at radius 2 is 2.30 bits per heavy atom. The number of hydrogen-bond acceptors (Lipinski definition) is 2. The van der Waals surface area contributed by atoms with E-state index in [1.165, 1.54) is 11.1 Å². The third kappa shape index (κ3) is 0.692. The molecule has 0 aromatic heterocycles. The van der Waals surface area contributed by atoms with Crippen LogP contribution in [0.4, 0.5) is 0 Å². The van der Waals surface area contributed by atoms with Crippen molar-refractivity contribution in [2.24, 2.45) is 10.7 Å². The van der Waals surface area contributed by atoms with Gasteiger partial charge in [0.05, 0.1) is 0 Å². The lowest BCUT2D eigenvalue weighted by atomic mass is 10.00. The molecule has 1 aliphatic carbocycles. The quantitative estimate of drug-likeness (QED) is 0.527. The highest BCUT2D eigenvalue weighted by Gasteiger charge is 2.10. The Balaban J connectivity index is 2.42. The van der Waals surface area contributed by atoms with Crippen LogP contribution in [0.1, 0.15) is 6.42 Å². The van der Waals surface area contributed by atoms with Crippen LogP contribution in [-0.4, -0.2) is 6.21 Å². The zero-order valence-electron chi connectivity index (χ0n) is 5.54. The van der Waals surface area contributed by atoms with Crippen LogP contribution >= 0.6 is 0 Å². The highest BCUT2D eigenvalue weighted by Crippen LogP contribution is 2.23. The fourth-order valence-electron chi connectivity index (χ4n) is 1.14. The first-order valence-corrected chi connectivity index (χ1v) is 3.25. The highest BCUT2D eigenvalue weighted by molar-refractivity contribution is 5.89. The van der Waals surface area contributed by atoms with Crippen molar-refractivity contribution in [3.8, 4) is 0 Å². The smallest absolute Gasteiger partial charge is 0.0343 e. The number of allylic oxidation sites excluding steroid dienone is 4. The van der Waals surface area contributed by atoms with Gasteiger partial charge in [-0.05, 0) is 17.2 Å². The summed E-state index contributed by atoms with van der Waals surface area (Å²) in [5.74, 6) is 0. The van der Waals surface area contributed by atoms with E-state index in [4.69, 9.17) is 5.73 Å². The molecular formula is C8H8N2. The number of nitrogens with zero attached hydrogens (tertiary/aromatic N) is 1. The van der Waals surface area contributed by atoms with Gasteiger partial charge in [0.2, 0.25) is 0 Å². The van der Waals surface area contributed by atoms with Gasteiger partial charge >= 0.3 is 0 Å². The molecule has 1 heterocycles. The summed E-state index contributed by atoms with van der Waals surface area (Å²) in [6.07, 6.45) is 8.51. The van der Waals surface area contributed by atoms with Gasteiger partial charge < -0.3 is 5.73 Å². The van der Waals surface area contributed by atoms with Crippen molar-refractivity contribution >= 4 is 6.21 Å². The molecule has 2 N–H and O–H groups in total. The van der Waals surface area contributed by atoms with Gasteiger partial charge in [-0.3, -0.25) is 4.99 Å². The van der Waals surface area contributed by atoms with Crippen LogP contribution in [0.25, 0.3) is 0 Å². The molecule has 2 heteroatoms. The van der Waals surface area contributed by atoms with Crippen LogP contribution in [0.2, 0.25) is 0 Å². The van der Waals surface area contributed by atoms with E-state index >= 15 is 0 Å². The van der Waals surface area contributed by atoms with E-state index in [1.54, 1.807) is 0 Å². The van der Waals surface area contributed by atoms with Crippen molar-refractivity contribution in [2.45, 2.75) is 6.42 Å². The summed E-state index contributed by atoms with van der Waals surface area (Å²) in [6, 6.07) is 0. The minimum absolute atomic E-state index is 0.853. The lowest BCUT2D eigenvalue weighted by Gasteiger charge is -2.07. The monoisotopic (exact) mass is 132 g/mol. The summed E-state index contributed by atoms with van der Waals surface area (Å²) in [5, 5.41) is 0. The zero-order chi connectivity index (χ0) is 6.97. The van der Waals surface area contributed by atoms with E-state index < -0.39 is 0 Å². The second-order valence-corrected chi connectivity index (χ2v) is 2.47. The topological polar surface area (TPSA) is 38.4 Å². The number of rotatable bonds is 0. The van der Waals surface area contributed by atoms with Crippen molar-refractivity contribution in [1.82, 2.24) is 0 Å². The van der Waals surface area contributed by atoms with Crippen molar-refractivity contribution in [3.05, 3.63) is 35.2 Å². The third-order valence-corrected chi connectivity index (χ3v) is 1.69. The Kier molecular flexibility index (Phi) is 1.01. The number of aliphatic imine (C=N–C) groups is 1. The van der Waals surface area contributed by atoms with E-state index in [0.29, 0.717) is 0 Å². The molecule has 0 bridgehead atoms. The first-order valence-electron chi connectivity index (χ1n) is 3.25. The van der Waals surface area contributed by atoms with Gasteiger partial charge in [-0.25, -0.2) is 0 Å². The van der Waals surface area contributed by atoms with Crippen LogP contribution in [0, 0.1) is 0 Å². The summed E-state index contributed by atoms with van der Waals surface area (Å²) in [6.45, 7) is 0. The van der Waals surface area contributed by atoms with Gasteiger partial charge in [-0.15, -0.1) is 0 Å². The second kappa shape index (κ2) is 1.84.